The Kier molecular flexibility index (Phi) is 5.54. The number of amides is 1. The van der Waals surface area contributed by atoms with E-state index >= 15 is 0 Å². The van der Waals surface area contributed by atoms with E-state index in [9.17, 15) is 9.59 Å². The molecule has 6 heteroatoms. The molecule has 1 amide bonds. The predicted molar refractivity (Wildman–Crippen MR) is 121 cm³/mol. The third-order valence-electron chi connectivity index (χ3n) is 5.22. The molecule has 0 fully saturated rings. The van der Waals surface area contributed by atoms with Crippen molar-refractivity contribution in [2.45, 2.75) is 26.9 Å². The van der Waals surface area contributed by atoms with Crippen LogP contribution in [-0.2, 0) is 9.53 Å². The van der Waals surface area contributed by atoms with Gasteiger partial charge < -0.3 is 15.0 Å². The number of hydrogen-bond acceptors (Lipinski definition) is 4. The summed E-state index contributed by atoms with van der Waals surface area (Å²) >= 11 is 0. The fourth-order valence-electron chi connectivity index (χ4n) is 3.30. The van der Waals surface area contributed by atoms with Crippen molar-refractivity contribution in [2.75, 3.05) is 5.32 Å². The molecule has 0 spiro atoms. The molecule has 1 unspecified atom stereocenters. The number of aryl methyl sites for hydroxylation is 2. The molecule has 0 aliphatic carbocycles. The Labute approximate surface area is 180 Å². The highest BCUT2D eigenvalue weighted by Crippen LogP contribution is 2.23. The Bertz CT molecular complexity index is 1230. The van der Waals surface area contributed by atoms with Crippen molar-refractivity contribution in [1.29, 1.82) is 0 Å². The summed E-state index contributed by atoms with van der Waals surface area (Å²) in [5.74, 6) is -0.195. The first-order valence-corrected chi connectivity index (χ1v) is 10.1. The first kappa shape index (κ1) is 20.3. The molecule has 1 atom stereocenters. The highest BCUT2D eigenvalue weighted by atomic mass is 16.5. The maximum atomic E-state index is 12.6. The molecular formula is C25H23N3O3. The number of H-pyrrole nitrogens is 1. The first-order chi connectivity index (χ1) is 14.9. The van der Waals surface area contributed by atoms with Crippen LogP contribution in [0.3, 0.4) is 0 Å². The maximum absolute atomic E-state index is 12.6. The van der Waals surface area contributed by atoms with Gasteiger partial charge in [0.25, 0.3) is 5.91 Å². The zero-order valence-corrected chi connectivity index (χ0v) is 17.6. The lowest BCUT2D eigenvalue weighted by Crippen LogP contribution is -2.30. The topological polar surface area (TPSA) is 84.1 Å². The minimum Gasteiger partial charge on any atom is -0.449 e. The van der Waals surface area contributed by atoms with Gasteiger partial charge in [-0.15, -0.1) is 0 Å². The lowest BCUT2D eigenvalue weighted by molar-refractivity contribution is -0.123. The Morgan fingerprint density at radius 1 is 0.968 bits per heavy atom. The molecular weight excluding hydrogens is 390 g/mol. The van der Waals surface area contributed by atoms with E-state index in [0.717, 1.165) is 33.5 Å². The fraction of sp³-hybridized carbons (Fsp3) is 0.160. The average molecular weight is 413 g/mol. The standard InChI is InChI=1S/C25H23N3O3/c1-15-16(2)27-23(26-15)19-11-13-20(14-12-19)25(30)31-17(3)24(29)28-22-10-6-8-18-7-4-5-9-21(18)22/h4-14,17H,1-3H3,(H,26,27)(H,28,29). The lowest BCUT2D eigenvalue weighted by atomic mass is 10.1. The fourth-order valence-corrected chi connectivity index (χ4v) is 3.30. The van der Waals surface area contributed by atoms with Gasteiger partial charge in [-0.05, 0) is 44.4 Å². The summed E-state index contributed by atoms with van der Waals surface area (Å²) in [5, 5.41) is 4.80. The minimum atomic E-state index is -0.943. The van der Waals surface area contributed by atoms with Crippen LogP contribution in [0.15, 0.2) is 66.7 Å². The number of nitrogens with zero attached hydrogens (tertiary/aromatic N) is 1. The Hall–Kier alpha value is -3.93. The van der Waals surface area contributed by atoms with Crippen LogP contribution in [0.1, 0.15) is 28.7 Å². The monoisotopic (exact) mass is 413 g/mol. The molecule has 0 saturated heterocycles. The number of rotatable bonds is 5. The van der Waals surface area contributed by atoms with Crippen molar-refractivity contribution < 1.29 is 14.3 Å². The normalized spacial score (nSPS) is 11.8. The van der Waals surface area contributed by atoms with Gasteiger partial charge in [-0.1, -0.05) is 48.5 Å². The molecule has 31 heavy (non-hydrogen) atoms. The molecule has 3 aromatic carbocycles. The summed E-state index contributed by atoms with van der Waals surface area (Å²) < 4.78 is 5.38. The van der Waals surface area contributed by atoms with Gasteiger partial charge in [-0.2, -0.15) is 0 Å². The molecule has 0 aliphatic heterocycles. The molecule has 1 aromatic heterocycles. The number of ether oxygens (including phenoxy) is 1. The molecule has 0 radical (unpaired) electrons. The van der Waals surface area contributed by atoms with Crippen LogP contribution < -0.4 is 5.32 Å². The van der Waals surface area contributed by atoms with Gasteiger partial charge in [0.05, 0.1) is 11.3 Å². The lowest BCUT2D eigenvalue weighted by Gasteiger charge is -2.15. The number of fused-ring (bicyclic) bond motifs is 1. The van der Waals surface area contributed by atoms with Gasteiger partial charge in [0.1, 0.15) is 5.82 Å². The number of anilines is 1. The first-order valence-electron chi connectivity index (χ1n) is 10.1. The SMILES string of the molecule is Cc1nc(-c2ccc(C(=O)OC(C)C(=O)Nc3cccc4ccccc34)cc2)[nH]c1C. The number of carbonyl (C=O) groups excluding carboxylic acids is 2. The number of esters is 1. The largest absolute Gasteiger partial charge is 0.449 e. The van der Waals surface area contributed by atoms with Crippen LogP contribution in [0, 0.1) is 13.8 Å². The van der Waals surface area contributed by atoms with E-state index in [2.05, 4.69) is 15.3 Å². The molecule has 0 bridgehead atoms. The molecule has 0 saturated carbocycles. The number of aromatic amines is 1. The van der Waals surface area contributed by atoms with Crippen LogP contribution in [0.2, 0.25) is 0 Å². The highest BCUT2D eigenvalue weighted by Gasteiger charge is 2.20. The van der Waals surface area contributed by atoms with Crippen LogP contribution in [0.25, 0.3) is 22.2 Å². The molecule has 0 aliphatic rings. The van der Waals surface area contributed by atoms with Gasteiger partial charge in [-0.25, -0.2) is 9.78 Å². The molecule has 1 heterocycles. The zero-order chi connectivity index (χ0) is 22.0. The van der Waals surface area contributed by atoms with Crippen LogP contribution in [0.4, 0.5) is 5.69 Å². The van der Waals surface area contributed by atoms with Crippen molar-refractivity contribution >= 4 is 28.3 Å². The predicted octanol–water partition coefficient (Wildman–Crippen LogP) is 5.03. The smallest absolute Gasteiger partial charge is 0.338 e. The summed E-state index contributed by atoms with van der Waals surface area (Å²) in [4.78, 5) is 32.8. The van der Waals surface area contributed by atoms with Crippen LogP contribution >= 0.6 is 0 Å². The summed E-state index contributed by atoms with van der Waals surface area (Å²) in [7, 11) is 0. The zero-order valence-electron chi connectivity index (χ0n) is 17.6. The Balaban J connectivity index is 1.42. The van der Waals surface area contributed by atoms with Gasteiger partial charge in [0.2, 0.25) is 0 Å². The van der Waals surface area contributed by atoms with Gasteiger partial charge in [0, 0.05) is 22.3 Å². The average Bonchev–Trinajstić information content (AvgIpc) is 3.12. The Morgan fingerprint density at radius 2 is 1.68 bits per heavy atom. The molecule has 156 valence electrons. The second-order valence-corrected chi connectivity index (χ2v) is 7.44. The summed E-state index contributed by atoms with van der Waals surface area (Å²) in [6.45, 7) is 5.45. The minimum absolute atomic E-state index is 0.369. The molecule has 4 aromatic rings. The van der Waals surface area contributed by atoms with Gasteiger partial charge in [-0.3, -0.25) is 4.79 Å². The third-order valence-corrected chi connectivity index (χ3v) is 5.22. The van der Waals surface area contributed by atoms with E-state index in [1.165, 1.54) is 0 Å². The van der Waals surface area contributed by atoms with Crippen molar-refractivity contribution in [3.05, 3.63) is 83.7 Å². The Morgan fingerprint density at radius 3 is 2.39 bits per heavy atom. The summed E-state index contributed by atoms with van der Waals surface area (Å²) in [5.41, 5.74) is 3.86. The summed E-state index contributed by atoms with van der Waals surface area (Å²) in [6, 6.07) is 20.4. The van der Waals surface area contributed by atoms with E-state index in [-0.39, 0.29) is 5.91 Å². The summed E-state index contributed by atoms with van der Waals surface area (Å²) in [6.07, 6.45) is -0.943. The number of nitrogens with one attached hydrogen (secondary N) is 2. The quantitative estimate of drug-likeness (QED) is 0.450. The molecule has 2 N–H and O–H groups in total. The second-order valence-electron chi connectivity index (χ2n) is 7.44. The number of hydrogen-bond donors (Lipinski definition) is 2. The third kappa shape index (κ3) is 4.33. The molecule has 4 rings (SSSR count). The number of benzene rings is 3. The van der Waals surface area contributed by atoms with E-state index in [1.807, 2.05) is 56.3 Å². The highest BCUT2D eigenvalue weighted by molar-refractivity contribution is 6.04. The van der Waals surface area contributed by atoms with Crippen molar-refractivity contribution in [3.63, 3.8) is 0 Å². The van der Waals surface area contributed by atoms with Crippen LogP contribution in [0.5, 0.6) is 0 Å². The van der Waals surface area contributed by atoms with Crippen molar-refractivity contribution in [1.82, 2.24) is 9.97 Å². The number of imidazole rings is 1. The van der Waals surface area contributed by atoms with E-state index in [0.29, 0.717) is 11.3 Å². The van der Waals surface area contributed by atoms with Crippen molar-refractivity contribution in [3.8, 4) is 11.4 Å². The van der Waals surface area contributed by atoms with Crippen molar-refractivity contribution in [2.24, 2.45) is 0 Å². The van der Waals surface area contributed by atoms with E-state index in [1.54, 1.807) is 31.2 Å². The molecule has 6 nitrogen and oxygen atoms in total. The van der Waals surface area contributed by atoms with E-state index < -0.39 is 12.1 Å². The van der Waals surface area contributed by atoms with Gasteiger partial charge in [0.15, 0.2) is 6.10 Å². The second kappa shape index (κ2) is 8.44. The number of aromatic nitrogens is 2. The van der Waals surface area contributed by atoms with Gasteiger partial charge >= 0.3 is 5.97 Å². The van der Waals surface area contributed by atoms with E-state index in [4.69, 9.17) is 4.74 Å². The maximum Gasteiger partial charge on any atom is 0.338 e. The van der Waals surface area contributed by atoms with Crippen LogP contribution in [-0.4, -0.2) is 27.9 Å². The number of carbonyl (C=O) groups is 2.